The van der Waals surface area contributed by atoms with Crippen molar-refractivity contribution >= 4 is 22.9 Å². The lowest BCUT2D eigenvalue weighted by molar-refractivity contribution is 0.0683. The molecule has 7 heteroatoms. The lowest BCUT2D eigenvalue weighted by Crippen LogP contribution is -2.10. The van der Waals surface area contributed by atoms with Gasteiger partial charge in [0.2, 0.25) is 0 Å². The average molecular weight is 358 g/mol. The van der Waals surface area contributed by atoms with Gasteiger partial charge in [-0.25, -0.2) is 14.0 Å². The summed E-state index contributed by atoms with van der Waals surface area (Å²) in [6, 6.07) is 7.73. The molecule has 1 aromatic heterocycles. The van der Waals surface area contributed by atoms with Crippen molar-refractivity contribution in [3.8, 4) is 17.1 Å². The number of carboxylic acids is 2. The van der Waals surface area contributed by atoms with Crippen LogP contribution in [0, 0.1) is 5.82 Å². The van der Waals surface area contributed by atoms with Gasteiger partial charge in [-0.3, -0.25) is 0 Å². The number of benzene rings is 2. The lowest BCUT2D eigenvalue weighted by atomic mass is 10.0. The molecule has 1 heterocycles. The number of aromatic carboxylic acids is 2. The molecule has 0 spiro atoms. The zero-order valence-corrected chi connectivity index (χ0v) is 13.9. The van der Waals surface area contributed by atoms with E-state index in [2.05, 4.69) is 0 Å². The largest absolute Gasteiger partial charge is 0.490 e. The van der Waals surface area contributed by atoms with E-state index in [1.807, 2.05) is 0 Å². The molecule has 3 aromatic rings. The molecule has 0 atom stereocenters. The molecule has 3 rings (SSSR count). The van der Waals surface area contributed by atoms with Gasteiger partial charge >= 0.3 is 11.9 Å². The Morgan fingerprint density at radius 3 is 2.27 bits per heavy atom. The van der Waals surface area contributed by atoms with Crippen LogP contribution in [0.5, 0.6) is 5.75 Å². The van der Waals surface area contributed by atoms with E-state index < -0.39 is 17.8 Å². The Bertz CT molecular complexity index is 1000. The summed E-state index contributed by atoms with van der Waals surface area (Å²) in [5.74, 6) is -2.87. The Morgan fingerprint density at radius 1 is 1.08 bits per heavy atom. The highest BCUT2D eigenvalue weighted by atomic mass is 19.1. The van der Waals surface area contributed by atoms with E-state index in [0.717, 1.165) is 0 Å². The smallest absolute Gasteiger partial charge is 0.340 e. The normalized spacial score (nSPS) is 11.1. The van der Waals surface area contributed by atoms with Crippen LogP contribution in [0.4, 0.5) is 4.39 Å². The zero-order chi connectivity index (χ0) is 19.0. The third-order valence-electron chi connectivity index (χ3n) is 3.70. The molecule has 2 aromatic carbocycles. The molecular formula is C19H15FO6. The summed E-state index contributed by atoms with van der Waals surface area (Å²) in [6.45, 7) is 3.46. The maximum Gasteiger partial charge on any atom is 0.340 e. The Kier molecular flexibility index (Phi) is 4.38. The van der Waals surface area contributed by atoms with Gasteiger partial charge in [-0.2, -0.15) is 0 Å². The van der Waals surface area contributed by atoms with E-state index in [-0.39, 0.29) is 39.7 Å². The summed E-state index contributed by atoms with van der Waals surface area (Å²) < 4.78 is 24.3. The maximum absolute atomic E-state index is 13.2. The molecule has 134 valence electrons. The topological polar surface area (TPSA) is 97.0 Å². The second-order valence-electron chi connectivity index (χ2n) is 5.93. The van der Waals surface area contributed by atoms with Crippen molar-refractivity contribution in [2.45, 2.75) is 20.0 Å². The summed E-state index contributed by atoms with van der Waals surface area (Å²) in [6.07, 6.45) is -0.303. The highest BCUT2D eigenvalue weighted by Gasteiger charge is 2.25. The summed E-state index contributed by atoms with van der Waals surface area (Å²) in [5, 5.41) is 19.2. The van der Waals surface area contributed by atoms with Crippen LogP contribution >= 0.6 is 0 Å². The number of fused-ring (bicyclic) bond motifs is 1. The molecule has 0 aliphatic rings. The fraction of sp³-hybridized carbons (Fsp3) is 0.158. The number of rotatable bonds is 5. The van der Waals surface area contributed by atoms with Gasteiger partial charge in [0.25, 0.3) is 0 Å². The Balaban J connectivity index is 2.30. The van der Waals surface area contributed by atoms with E-state index in [1.165, 1.54) is 36.4 Å². The van der Waals surface area contributed by atoms with Crippen molar-refractivity contribution in [3.05, 3.63) is 53.3 Å². The van der Waals surface area contributed by atoms with Crippen molar-refractivity contribution < 1.29 is 33.3 Å². The van der Waals surface area contributed by atoms with E-state index in [0.29, 0.717) is 5.56 Å². The van der Waals surface area contributed by atoms with Crippen molar-refractivity contribution in [3.63, 3.8) is 0 Å². The standard InChI is InChI=1S/C19H15FO6/c1-9(2)25-15-7-12-14(8-13(15)18(21)22)26-17(16(12)19(23)24)10-3-5-11(20)6-4-10/h3-9H,1-2H3,(H,21,22)(H,23,24). The third-order valence-corrected chi connectivity index (χ3v) is 3.70. The first kappa shape index (κ1) is 17.5. The minimum absolute atomic E-state index is 0.0190. The first-order valence-corrected chi connectivity index (χ1v) is 7.77. The van der Waals surface area contributed by atoms with E-state index in [9.17, 15) is 24.2 Å². The Morgan fingerprint density at radius 2 is 1.73 bits per heavy atom. The predicted molar refractivity (Wildman–Crippen MR) is 91.3 cm³/mol. The van der Waals surface area contributed by atoms with E-state index in [4.69, 9.17) is 9.15 Å². The first-order chi connectivity index (χ1) is 12.3. The number of ether oxygens (including phenoxy) is 1. The molecule has 0 aliphatic heterocycles. The molecule has 0 unspecified atom stereocenters. The molecule has 0 saturated heterocycles. The van der Waals surface area contributed by atoms with Gasteiger partial charge in [0, 0.05) is 10.9 Å². The molecule has 6 nitrogen and oxygen atoms in total. The third kappa shape index (κ3) is 3.11. The molecule has 26 heavy (non-hydrogen) atoms. The molecule has 0 bridgehead atoms. The molecule has 0 amide bonds. The maximum atomic E-state index is 13.2. The Hall–Kier alpha value is -3.35. The first-order valence-electron chi connectivity index (χ1n) is 7.77. The van der Waals surface area contributed by atoms with Gasteiger partial charge < -0.3 is 19.4 Å². The van der Waals surface area contributed by atoms with Crippen LogP contribution in [0.15, 0.2) is 40.8 Å². The van der Waals surface area contributed by atoms with Crippen molar-refractivity contribution in [2.75, 3.05) is 0 Å². The van der Waals surface area contributed by atoms with Gasteiger partial charge in [0.1, 0.15) is 34.0 Å². The zero-order valence-electron chi connectivity index (χ0n) is 13.9. The highest BCUT2D eigenvalue weighted by molar-refractivity contribution is 6.10. The van der Waals surface area contributed by atoms with Gasteiger partial charge in [0.15, 0.2) is 0 Å². The minimum atomic E-state index is -1.25. The minimum Gasteiger partial charge on any atom is -0.490 e. The summed E-state index contributed by atoms with van der Waals surface area (Å²) >= 11 is 0. The molecule has 0 fully saturated rings. The van der Waals surface area contributed by atoms with Crippen LogP contribution in [0.25, 0.3) is 22.3 Å². The second-order valence-corrected chi connectivity index (χ2v) is 5.93. The SMILES string of the molecule is CC(C)Oc1cc2c(C(=O)O)c(-c3ccc(F)cc3)oc2cc1C(=O)O. The van der Waals surface area contributed by atoms with Gasteiger partial charge in [-0.15, -0.1) is 0 Å². The van der Waals surface area contributed by atoms with Crippen LogP contribution in [-0.4, -0.2) is 28.3 Å². The summed E-state index contributed by atoms with van der Waals surface area (Å²) in [4.78, 5) is 23.3. The summed E-state index contributed by atoms with van der Waals surface area (Å²) in [7, 11) is 0. The van der Waals surface area contributed by atoms with Crippen LogP contribution < -0.4 is 4.74 Å². The average Bonchev–Trinajstić information content (AvgIpc) is 2.92. The highest BCUT2D eigenvalue weighted by Crippen LogP contribution is 2.37. The number of hydrogen-bond donors (Lipinski definition) is 2. The second kappa shape index (κ2) is 6.51. The number of carbonyl (C=O) groups is 2. The number of halogens is 1. The molecular weight excluding hydrogens is 343 g/mol. The molecule has 2 N–H and O–H groups in total. The predicted octanol–water partition coefficient (Wildman–Crippen LogP) is 4.42. The van der Waals surface area contributed by atoms with Gasteiger partial charge in [-0.05, 0) is 50.2 Å². The monoisotopic (exact) mass is 358 g/mol. The molecule has 0 saturated carbocycles. The number of furan rings is 1. The number of hydrogen-bond acceptors (Lipinski definition) is 4. The lowest BCUT2D eigenvalue weighted by Gasteiger charge is -2.12. The van der Waals surface area contributed by atoms with Gasteiger partial charge in [-0.1, -0.05) is 0 Å². The summed E-state index contributed by atoms with van der Waals surface area (Å²) in [5.41, 5.74) is 0.179. The van der Waals surface area contributed by atoms with Crippen LogP contribution in [0.2, 0.25) is 0 Å². The van der Waals surface area contributed by atoms with Crippen molar-refractivity contribution in [1.29, 1.82) is 0 Å². The van der Waals surface area contributed by atoms with E-state index in [1.54, 1.807) is 13.8 Å². The fourth-order valence-corrected chi connectivity index (χ4v) is 2.66. The van der Waals surface area contributed by atoms with Crippen LogP contribution in [-0.2, 0) is 0 Å². The number of carboxylic acid groups (broad SMARTS) is 2. The van der Waals surface area contributed by atoms with Crippen LogP contribution in [0.1, 0.15) is 34.6 Å². The van der Waals surface area contributed by atoms with Crippen molar-refractivity contribution in [2.24, 2.45) is 0 Å². The van der Waals surface area contributed by atoms with Crippen LogP contribution in [0.3, 0.4) is 0 Å². The molecule has 0 radical (unpaired) electrons. The quantitative estimate of drug-likeness (QED) is 0.701. The van der Waals surface area contributed by atoms with Crippen molar-refractivity contribution in [1.82, 2.24) is 0 Å². The fourth-order valence-electron chi connectivity index (χ4n) is 2.66. The van der Waals surface area contributed by atoms with Gasteiger partial charge in [0.05, 0.1) is 6.10 Å². The molecule has 0 aliphatic carbocycles. The van der Waals surface area contributed by atoms with E-state index >= 15 is 0 Å². The Labute approximate surface area is 147 Å².